The summed E-state index contributed by atoms with van der Waals surface area (Å²) in [4.78, 5) is 51.9. The van der Waals surface area contributed by atoms with E-state index >= 15 is 0 Å². The molecule has 180 valence electrons. The van der Waals surface area contributed by atoms with E-state index in [-0.39, 0.29) is 41.0 Å². The van der Waals surface area contributed by atoms with Gasteiger partial charge < -0.3 is 14.8 Å². The quantitative estimate of drug-likeness (QED) is 0.374. The monoisotopic (exact) mass is 474 g/mol. The van der Waals surface area contributed by atoms with Gasteiger partial charge in [-0.2, -0.15) is 0 Å². The number of amides is 3. The Morgan fingerprint density at radius 1 is 1.00 bits per heavy atom. The molecule has 0 radical (unpaired) electrons. The first-order valence-electron chi connectivity index (χ1n) is 11.7. The van der Waals surface area contributed by atoms with E-state index in [0.717, 1.165) is 6.42 Å². The number of rotatable bonds is 7. The van der Waals surface area contributed by atoms with Gasteiger partial charge in [-0.1, -0.05) is 11.6 Å². The first-order chi connectivity index (χ1) is 16.9. The number of benzene rings is 2. The molecule has 3 amide bonds. The fraction of sp³-hybridized carbons (Fsp3) is 0.333. The fourth-order valence-corrected chi connectivity index (χ4v) is 5.49. The van der Waals surface area contributed by atoms with Crippen LogP contribution in [0.3, 0.4) is 0 Å². The average molecular weight is 475 g/mol. The first-order valence-corrected chi connectivity index (χ1v) is 11.7. The molecule has 35 heavy (non-hydrogen) atoms. The third kappa shape index (κ3) is 4.09. The molecule has 8 heteroatoms. The third-order valence-electron chi connectivity index (χ3n) is 7.03. The van der Waals surface area contributed by atoms with E-state index in [0.29, 0.717) is 23.7 Å². The number of hydrogen-bond donors (Lipinski definition) is 1. The highest BCUT2D eigenvalue weighted by Crippen LogP contribution is 2.55. The maximum atomic E-state index is 13.1. The van der Waals surface area contributed by atoms with Gasteiger partial charge in [0.2, 0.25) is 11.8 Å². The largest absolute Gasteiger partial charge is 0.494 e. The van der Waals surface area contributed by atoms with Crippen molar-refractivity contribution in [2.75, 3.05) is 23.4 Å². The Labute approximate surface area is 202 Å². The highest BCUT2D eigenvalue weighted by molar-refractivity contribution is 6.23. The van der Waals surface area contributed by atoms with Gasteiger partial charge in [0, 0.05) is 5.69 Å². The minimum Gasteiger partial charge on any atom is -0.494 e. The maximum Gasteiger partial charge on any atom is 0.338 e. The van der Waals surface area contributed by atoms with Gasteiger partial charge in [-0.3, -0.25) is 19.3 Å². The van der Waals surface area contributed by atoms with Crippen LogP contribution in [0.2, 0.25) is 0 Å². The van der Waals surface area contributed by atoms with E-state index in [1.807, 2.05) is 13.8 Å². The molecule has 3 aliphatic rings. The molecule has 0 aromatic heterocycles. The van der Waals surface area contributed by atoms with Crippen LogP contribution in [0, 0.1) is 23.7 Å². The number of nitrogens with one attached hydrogen (secondary N) is 1. The normalized spacial score (nSPS) is 24.3. The Morgan fingerprint density at radius 2 is 1.69 bits per heavy atom. The fourth-order valence-electron chi connectivity index (χ4n) is 5.49. The van der Waals surface area contributed by atoms with Crippen molar-refractivity contribution >= 4 is 35.1 Å². The number of carbonyl (C=O) groups is 4. The van der Waals surface area contributed by atoms with Gasteiger partial charge in [0.1, 0.15) is 5.75 Å². The smallest absolute Gasteiger partial charge is 0.338 e. The molecule has 1 N–H and O–H groups in total. The zero-order chi connectivity index (χ0) is 24.7. The van der Waals surface area contributed by atoms with Crippen molar-refractivity contribution < 1.29 is 28.7 Å². The molecule has 2 bridgehead atoms. The molecule has 1 saturated carbocycles. The van der Waals surface area contributed by atoms with Crippen LogP contribution in [0.25, 0.3) is 0 Å². The molecule has 1 aliphatic heterocycles. The average Bonchev–Trinajstić information content (AvgIpc) is 3.49. The third-order valence-corrected chi connectivity index (χ3v) is 7.03. The summed E-state index contributed by atoms with van der Waals surface area (Å²) in [5.74, 6) is -1.07. The second-order valence-corrected chi connectivity index (χ2v) is 9.11. The van der Waals surface area contributed by atoms with Gasteiger partial charge in [0.05, 0.1) is 29.7 Å². The van der Waals surface area contributed by atoms with E-state index in [2.05, 4.69) is 11.4 Å². The lowest BCUT2D eigenvalue weighted by molar-refractivity contribution is -0.123. The van der Waals surface area contributed by atoms with Crippen molar-refractivity contribution in [2.24, 2.45) is 23.7 Å². The number of anilines is 2. The topological polar surface area (TPSA) is 102 Å². The van der Waals surface area contributed by atoms with E-state index < -0.39 is 18.5 Å². The lowest BCUT2D eigenvalue weighted by atomic mass is 9.82. The zero-order valence-corrected chi connectivity index (χ0v) is 19.5. The van der Waals surface area contributed by atoms with E-state index in [1.165, 1.54) is 22.6 Å². The summed E-state index contributed by atoms with van der Waals surface area (Å²) in [5, 5.41) is 2.65. The second kappa shape index (κ2) is 9.02. The van der Waals surface area contributed by atoms with Crippen LogP contribution in [0.1, 0.15) is 30.6 Å². The van der Waals surface area contributed by atoms with Crippen LogP contribution < -0.4 is 15.0 Å². The molecule has 5 rings (SSSR count). The maximum absolute atomic E-state index is 13.1. The Morgan fingerprint density at radius 3 is 2.37 bits per heavy atom. The van der Waals surface area contributed by atoms with Crippen LogP contribution >= 0.6 is 0 Å². The summed E-state index contributed by atoms with van der Waals surface area (Å²) in [6, 6.07) is 13.0. The van der Waals surface area contributed by atoms with Crippen LogP contribution in [0.4, 0.5) is 11.4 Å². The minimum absolute atomic E-state index is 0.134. The van der Waals surface area contributed by atoms with Gasteiger partial charge >= 0.3 is 5.97 Å². The van der Waals surface area contributed by atoms with Crippen molar-refractivity contribution in [1.82, 2.24) is 0 Å². The standard InChI is InChI=1S/C27H26N2O6/c1-3-34-20-10-6-18(7-11-20)28-22(30)14-35-27(33)16-4-8-19(9-5-16)29-25(31)23-17-12-15(2)21(13-17)24(23)26(29)32/h4-12,17,21,23-24H,3,13-14H2,1-2H3,(H,28,30)/t17-,21+,23+,24+/m0/s1. The molecule has 1 heterocycles. The van der Waals surface area contributed by atoms with Crippen molar-refractivity contribution in [3.8, 4) is 5.75 Å². The summed E-state index contributed by atoms with van der Waals surface area (Å²) in [5.41, 5.74) is 2.42. The molecule has 0 spiro atoms. The lowest BCUT2D eigenvalue weighted by Crippen LogP contribution is -2.33. The zero-order valence-electron chi connectivity index (χ0n) is 19.5. The first kappa shape index (κ1) is 22.8. The molecule has 2 aromatic carbocycles. The number of imide groups is 1. The molecule has 2 aliphatic carbocycles. The van der Waals surface area contributed by atoms with Crippen molar-refractivity contribution in [2.45, 2.75) is 20.3 Å². The van der Waals surface area contributed by atoms with Crippen LogP contribution in [-0.4, -0.2) is 36.9 Å². The van der Waals surface area contributed by atoms with Crippen molar-refractivity contribution in [1.29, 1.82) is 0 Å². The van der Waals surface area contributed by atoms with E-state index in [4.69, 9.17) is 9.47 Å². The SMILES string of the molecule is CCOc1ccc(NC(=O)COC(=O)c2ccc(N3C(=O)[C@H]4[C@H](C3=O)[C@H]3C=C(C)[C@H]4C3)cc2)cc1. The van der Waals surface area contributed by atoms with Gasteiger partial charge in [-0.05, 0) is 80.6 Å². The molecule has 2 aromatic rings. The van der Waals surface area contributed by atoms with Crippen LogP contribution in [0.5, 0.6) is 5.75 Å². The molecule has 8 nitrogen and oxygen atoms in total. The van der Waals surface area contributed by atoms with E-state index in [9.17, 15) is 19.2 Å². The molecule has 2 fully saturated rings. The number of ether oxygens (including phenoxy) is 2. The van der Waals surface area contributed by atoms with Gasteiger partial charge in [0.25, 0.3) is 5.91 Å². The Hall–Kier alpha value is -3.94. The number of esters is 1. The summed E-state index contributed by atoms with van der Waals surface area (Å²) >= 11 is 0. The van der Waals surface area contributed by atoms with Crippen molar-refractivity contribution in [3.63, 3.8) is 0 Å². The molecule has 4 atom stereocenters. The predicted molar refractivity (Wildman–Crippen MR) is 128 cm³/mol. The summed E-state index contributed by atoms with van der Waals surface area (Å²) < 4.78 is 10.5. The predicted octanol–water partition coefficient (Wildman–Crippen LogP) is 3.58. The second-order valence-electron chi connectivity index (χ2n) is 9.11. The number of allylic oxidation sites excluding steroid dienone is 2. The van der Waals surface area contributed by atoms with Gasteiger partial charge in [-0.15, -0.1) is 0 Å². The number of hydrogen-bond acceptors (Lipinski definition) is 6. The molecular formula is C27H26N2O6. The Bertz CT molecular complexity index is 1220. The Balaban J connectivity index is 1.17. The van der Waals surface area contributed by atoms with Gasteiger partial charge in [-0.25, -0.2) is 4.79 Å². The molecule has 1 saturated heterocycles. The molecular weight excluding hydrogens is 448 g/mol. The summed E-state index contributed by atoms with van der Waals surface area (Å²) in [6.45, 7) is 4.01. The number of fused-ring (bicyclic) bond motifs is 5. The lowest BCUT2D eigenvalue weighted by Gasteiger charge is -2.19. The number of nitrogens with zero attached hydrogens (tertiary/aromatic N) is 1. The van der Waals surface area contributed by atoms with Crippen LogP contribution in [-0.2, 0) is 19.1 Å². The highest BCUT2D eigenvalue weighted by atomic mass is 16.5. The molecule has 0 unspecified atom stereocenters. The van der Waals surface area contributed by atoms with Crippen molar-refractivity contribution in [3.05, 3.63) is 65.7 Å². The summed E-state index contributed by atoms with van der Waals surface area (Å²) in [6.07, 6.45) is 3.01. The van der Waals surface area contributed by atoms with Crippen LogP contribution in [0.15, 0.2) is 60.2 Å². The minimum atomic E-state index is -0.674. The Kier molecular flexibility index (Phi) is 5.88. The number of carbonyl (C=O) groups excluding carboxylic acids is 4. The van der Waals surface area contributed by atoms with E-state index in [1.54, 1.807) is 36.4 Å². The highest BCUT2D eigenvalue weighted by Gasteiger charge is 2.60. The summed E-state index contributed by atoms with van der Waals surface area (Å²) in [7, 11) is 0. The van der Waals surface area contributed by atoms with Gasteiger partial charge in [0.15, 0.2) is 6.61 Å².